The Bertz CT molecular complexity index is 504. The molecule has 0 saturated carbocycles. The summed E-state index contributed by atoms with van der Waals surface area (Å²) in [6, 6.07) is 7.41. The Morgan fingerprint density at radius 1 is 1.40 bits per heavy atom. The molecule has 0 radical (unpaired) electrons. The van der Waals surface area contributed by atoms with Gasteiger partial charge in [0.25, 0.3) is 0 Å². The Morgan fingerprint density at radius 3 is 2.75 bits per heavy atom. The molecule has 1 heterocycles. The Labute approximate surface area is 123 Å². The molecule has 0 amide bonds. The number of rotatable bonds is 4. The van der Waals surface area contributed by atoms with Crippen molar-refractivity contribution in [3.05, 3.63) is 24.3 Å². The van der Waals surface area contributed by atoms with E-state index in [4.69, 9.17) is 4.74 Å². The molecule has 2 N–H and O–H groups in total. The van der Waals surface area contributed by atoms with E-state index in [1.807, 2.05) is 24.3 Å². The van der Waals surface area contributed by atoms with Crippen LogP contribution in [-0.4, -0.2) is 35.2 Å². The Hall–Kier alpha value is -1.36. The highest BCUT2D eigenvalue weighted by atomic mass is 32.2. The summed E-state index contributed by atoms with van der Waals surface area (Å²) in [5.74, 6) is 1.49. The number of benzene rings is 1. The first-order valence-corrected chi connectivity index (χ1v) is 7.76. The van der Waals surface area contributed by atoms with Crippen molar-refractivity contribution < 1.29 is 14.6 Å². The van der Waals surface area contributed by atoms with Crippen LogP contribution in [0, 0.1) is 5.41 Å². The van der Waals surface area contributed by atoms with Crippen molar-refractivity contribution in [1.82, 2.24) is 0 Å². The number of ether oxygens (including phenoxy) is 1. The fourth-order valence-corrected chi connectivity index (χ4v) is 4.07. The van der Waals surface area contributed by atoms with Crippen LogP contribution < -0.4 is 10.1 Å². The lowest BCUT2D eigenvalue weighted by Gasteiger charge is -2.42. The zero-order valence-corrected chi connectivity index (χ0v) is 12.9. The molecule has 0 aromatic heterocycles. The maximum atomic E-state index is 11.8. The average molecular weight is 295 g/mol. The van der Waals surface area contributed by atoms with Gasteiger partial charge >= 0.3 is 5.97 Å². The van der Waals surface area contributed by atoms with Crippen LogP contribution in [-0.2, 0) is 4.79 Å². The fourth-order valence-electron chi connectivity index (χ4n) is 2.67. The van der Waals surface area contributed by atoms with E-state index in [0.29, 0.717) is 12.2 Å². The third-order valence-corrected chi connectivity index (χ3v) is 5.17. The highest BCUT2D eigenvalue weighted by Gasteiger charge is 2.46. The number of thioether (sulfide) groups is 1. The molecule has 1 aromatic carbocycles. The van der Waals surface area contributed by atoms with Crippen LogP contribution in [0.3, 0.4) is 0 Å². The first-order chi connectivity index (χ1) is 9.37. The molecule has 1 atom stereocenters. The van der Waals surface area contributed by atoms with Gasteiger partial charge in [-0.15, -0.1) is 0 Å². The van der Waals surface area contributed by atoms with Gasteiger partial charge in [0, 0.05) is 17.5 Å². The van der Waals surface area contributed by atoms with Gasteiger partial charge in [0.05, 0.1) is 7.11 Å². The van der Waals surface area contributed by atoms with Crippen LogP contribution in [0.2, 0.25) is 0 Å². The predicted octanol–water partition coefficient (Wildman–Crippen LogP) is 3.09. The molecule has 20 heavy (non-hydrogen) atoms. The molecule has 110 valence electrons. The fraction of sp³-hybridized carbons (Fsp3) is 0.533. The quantitative estimate of drug-likeness (QED) is 0.894. The van der Waals surface area contributed by atoms with Gasteiger partial charge in [0.1, 0.15) is 11.3 Å². The van der Waals surface area contributed by atoms with Gasteiger partial charge in [-0.3, -0.25) is 0 Å². The monoisotopic (exact) mass is 295 g/mol. The first kappa shape index (κ1) is 15.0. The van der Waals surface area contributed by atoms with Crippen molar-refractivity contribution >= 4 is 23.4 Å². The SMILES string of the molecule is COc1cccc(NC2(C(=O)O)CSCC(C)(C)C2)c1. The molecule has 1 aromatic rings. The van der Waals surface area contributed by atoms with Crippen molar-refractivity contribution in [2.24, 2.45) is 5.41 Å². The minimum absolute atomic E-state index is 0.00712. The maximum absolute atomic E-state index is 11.8. The molecule has 0 aliphatic carbocycles. The topological polar surface area (TPSA) is 58.6 Å². The number of anilines is 1. The van der Waals surface area contributed by atoms with Gasteiger partial charge in [0.2, 0.25) is 0 Å². The number of hydrogen-bond acceptors (Lipinski definition) is 4. The van der Waals surface area contributed by atoms with Crippen molar-refractivity contribution in [3.8, 4) is 5.75 Å². The van der Waals surface area contributed by atoms with Crippen LogP contribution in [0.15, 0.2) is 24.3 Å². The van der Waals surface area contributed by atoms with Crippen molar-refractivity contribution in [2.45, 2.75) is 25.8 Å². The minimum atomic E-state index is -0.918. The third kappa shape index (κ3) is 3.20. The lowest BCUT2D eigenvalue weighted by atomic mass is 9.79. The van der Waals surface area contributed by atoms with Crippen LogP contribution in [0.25, 0.3) is 0 Å². The van der Waals surface area contributed by atoms with Crippen LogP contribution in [0.5, 0.6) is 5.75 Å². The molecule has 1 unspecified atom stereocenters. The minimum Gasteiger partial charge on any atom is -0.497 e. The van der Waals surface area contributed by atoms with E-state index in [0.717, 1.165) is 17.2 Å². The van der Waals surface area contributed by atoms with E-state index in [9.17, 15) is 9.90 Å². The number of carbonyl (C=O) groups is 1. The summed E-state index contributed by atoms with van der Waals surface area (Å²) >= 11 is 1.69. The molecule has 5 heteroatoms. The lowest BCUT2D eigenvalue weighted by molar-refractivity contribution is -0.142. The lowest BCUT2D eigenvalue weighted by Crippen LogP contribution is -2.54. The van der Waals surface area contributed by atoms with Crippen LogP contribution in [0.4, 0.5) is 5.69 Å². The highest BCUT2D eigenvalue weighted by molar-refractivity contribution is 7.99. The second-order valence-corrected chi connectivity index (χ2v) is 7.06. The van der Waals surface area contributed by atoms with Crippen molar-refractivity contribution in [1.29, 1.82) is 0 Å². The van der Waals surface area contributed by atoms with E-state index in [-0.39, 0.29) is 5.41 Å². The van der Waals surface area contributed by atoms with E-state index in [1.165, 1.54) is 0 Å². The second kappa shape index (κ2) is 5.56. The zero-order valence-electron chi connectivity index (χ0n) is 12.1. The molecule has 1 aliphatic rings. The summed E-state index contributed by atoms with van der Waals surface area (Å²) in [6.45, 7) is 4.23. The van der Waals surface area contributed by atoms with Gasteiger partial charge in [0.15, 0.2) is 0 Å². The molecule has 1 aliphatic heterocycles. The molecule has 4 nitrogen and oxygen atoms in total. The summed E-state index contributed by atoms with van der Waals surface area (Å²) in [5, 5.41) is 12.9. The summed E-state index contributed by atoms with van der Waals surface area (Å²) in [7, 11) is 1.60. The van der Waals surface area contributed by atoms with Crippen LogP contribution in [0.1, 0.15) is 20.3 Å². The van der Waals surface area contributed by atoms with Crippen molar-refractivity contribution in [3.63, 3.8) is 0 Å². The number of carboxylic acids is 1. The standard InChI is InChI=1S/C15H21NO3S/c1-14(2)8-15(13(17)18,10-20-9-14)16-11-5-4-6-12(7-11)19-3/h4-7,16H,8-10H2,1-3H3,(H,17,18). The number of carboxylic acid groups (broad SMARTS) is 1. The largest absolute Gasteiger partial charge is 0.497 e. The molecule has 0 bridgehead atoms. The smallest absolute Gasteiger partial charge is 0.330 e. The molecule has 1 saturated heterocycles. The van der Waals surface area contributed by atoms with Crippen LogP contribution >= 0.6 is 11.8 Å². The predicted molar refractivity (Wildman–Crippen MR) is 82.7 cm³/mol. The van der Waals surface area contributed by atoms with Gasteiger partial charge in [-0.25, -0.2) is 4.79 Å². The second-order valence-electron chi connectivity index (χ2n) is 6.08. The summed E-state index contributed by atoms with van der Waals surface area (Å²) in [4.78, 5) is 11.8. The van der Waals surface area contributed by atoms with Gasteiger partial charge in [-0.1, -0.05) is 19.9 Å². The van der Waals surface area contributed by atoms with E-state index < -0.39 is 11.5 Å². The van der Waals surface area contributed by atoms with E-state index in [1.54, 1.807) is 18.9 Å². The Morgan fingerprint density at radius 2 is 2.15 bits per heavy atom. The zero-order chi connectivity index (χ0) is 14.8. The van der Waals surface area contributed by atoms with E-state index >= 15 is 0 Å². The summed E-state index contributed by atoms with van der Waals surface area (Å²) in [5.41, 5.74) is -0.128. The molecular formula is C15H21NO3S. The van der Waals surface area contributed by atoms with Gasteiger partial charge in [-0.05, 0) is 29.7 Å². The average Bonchev–Trinajstić information content (AvgIpc) is 2.37. The maximum Gasteiger partial charge on any atom is 0.330 e. The molecule has 0 spiro atoms. The Kier molecular flexibility index (Phi) is 4.18. The Balaban J connectivity index is 2.27. The molecule has 2 rings (SSSR count). The van der Waals surface area contributed by atoms with Crippen molar-refractivity contribution in [2.75, 3.05) is 23.9 Å². The number of nitrogens with one attached hydrogen (secondary N) is 1. The highest BCUT2D eigenvalue weighted by Crippen LogP contribution is 2.41. The number of hydrogen-bond donors (Lipinski definition) is 2. The summed E-state index contributed by atoms with van der Waals surface area (Å²) in [6.07, 6.45) is 0.611. The first-order valence-electron chi connectivity index (χ1n) is 6.60. The molecule has 1 fully saturated rings. The molecular weight excluding hydrogens is 274 g/mol. The summed E-state index contributed by atoms with van der Waals surface area (Å²) < 4.78 is 5.19. The van der Waals surface area contributed by atoms with Gasteiger partial charge in [-0.2, -0.15) is 11.8 Å². The normalized spacial score (nSPS) is 24.9. The van der Waals surface area contributed by atoms with E-state index in [2.05, 4.69) is 19.2 Å². The third-order valence-electron chi connectivity index (χ3n) is 3.48. The van der Waals surface area contributed by atoms with Gasteiger partial charge < -0.3 is 15.2 Å². The number of aliphatic carboxylic acids is 1. The number of methoxy groups -OCH3 is 1.